The minimum absolute atomic E-state index is 0. The molecule has 136 valence electrons. The predicted molar refractivity (Wildman–Crippen MR) is 106 cm³/mol. The predicted octanol–water partition coefficient (Wildman–Crippen LogP) is 3.03. The van der Waals surface area contributed by atoms with Gasteiger partial charge in [-0.25, -0.2) is 9.97 Å². The van der Waals surface area contributed by atoms with Crippen LogP contribution in [0.4, 0.5) is 0 Å². The zero-order chi connectivity index (χ0) is 17.7. The molecule has 0 radical (unpaired) electrons. The fourth-order valence-electron chi connectivity index (χ4n) is 3.15. The maximum Gasteiger partial charge on any atom is 0.0659 e. The van der Waals surface area contributed by atoms with Gasteiger partial charge in [-0.1, -0.05) is 0 Å². The summed E-state index contributed by atoms with van der Waals surface area (Å²) < 4.78 is 3.27. The molecule has 0 spiro atoms. The van der Waals surface area contributed by atoms with Crippen molar-refractivity contribution in [2.45, 2.75) is 0 Å². The van der Waals surface area contributed by atoms with Crippen LogP contribution in [0.3, 0.4) is 0 Å². The largest absolute Gasteiger partial charge is 0.339 e. The average molecular weight is 399 g/mol. The number of nitrogens with two attached hydrogens (primary N) is 2. The van der Waals surface area contributed by atoms with Gasteiger partial charge in [-0.05, 0) is 72.8 Å². The fourth-order valence-corrected chi connectivity index (χ4v) is 3.15. The second-order valence-electron chi connectivity index (χ2n) is 6.27. The summed E-state index contributed by atoms with van der Waals surface area (Å²) >= 11 is 0. The molecule has 3 aromatic rings. The molecule has 2 aliphatic rings. The minimum atomic E-state index is 0. The summed E-state index contributed by atoms with van der Waals surface area (Å²) in [4.78, 5) is 9.24. The van der Waals surface area contributed by atoms with Crippen LogP contribution in [0.25, 0.3) is 46.4 Å². The summed E-state index contributed by atoms with van der Waals surface area (Å²) in [7, 11) is 0. The molecule has 5 rings (SSSR count). The Morgan fingerprint density at radius 2 is 0.778 bits per heavy atom. The van der Waals surface area contributed by atoms with E-state index in [0.29, 0.717) is 0 Å². The van der Waals surface area contributed by atoms with Crippen molar-refractivity contribution in [2.75, 3.05) is 11.7 Å². The number of fused-ring (bicyclic) bond motifs is 8. The monoisotopic (exact) mass is 398 g/mol. The van der Waals surface area contributed by atoms with Gasteiger partial charge in [0.25, 0.3) is 0 Å². The Labute approximate surface area is 165 Å². The molecule has 4 N–H and O–H groups in total. The SMILES string of the molecule is Nn1c2ccc1cc1nc(cc3ccc(cc4nc(c2)C=C4)n3N)C=C1.[Ni]. The van der Waals surface area contributed by atoms with Crippen LogP contribution >= 0.6 is 0 Å². The van der Waals surface area contributed by atoms with Crippen molar-refractivity contribution in [1.29, 1.82) is 0 Å². The second kappa shape index (κ2) is 6.45. The Bertz CT molecular complexity index is 1080. The van der Waals surface area contributed by atoms with Gasteiger partial charge in [0.05, 0.1) is 44.8 Å². The Morgan fingerprint density at radius 3 is 1.04 bits per heavy atom. The molecule has 0 aromatic carbocycles. The molecular formula is C20H16N6Ni. The Morgan fingerprint density at radius 1 is 0.519 bits per heavy atom. The molecule has 0 aliphatic carbocycles. The fraction of sp³-hybridized carbons (Fsp3) is 0. The molecular weight excluding hydrogens is 383 g/mol. The summed E-state index contributed by atoms with van der Waals surface area (Å²) in [5.74, 6) is 12.5. The van der Waals surface area contributed by atoms with Crippen molar-refractivity contribution in [2.24, 2.45) is 0 Å². The van der Waals surface area contributed by atoms with E-state index < -0.39 is 0 Å². The van der Waals surface area contributed by atoms with Crippen LogP contribution < -0.4 is 11.7 Å². The molecule has 27 heavy (non-hydrogen) atoms. The van der Waals surface area contributed by atoms with E-state index in [4.69, 9.17) is 11.7 Å². The van der Waals surface area contributed by atoms with Gasteiger partial charge in [-0.15, -0.1) is 0 Å². The molecule has 3 aromatic heterocycles. The third-order valence-electron chi connectivity index (χ3n) is 4.51. The van der Waals surface area contributed by atoms with Gasteiger partial charge in [-0.2, -0.15) is 0 Å². The number of nitrogen functional groups attached to an aromatic ring is 2. The first-order valence-electron chi connectivity index (χ1n) is 8.26. The van der Waals surface area contributed by atoms with Gasteiger partial charge in [0.2, 0.25) is 0 Å². The van der Waals surface area contributed by atoms with E-state index in [1.165, 1.54) is 0 Å². The van der Waals surface area contributed by atoms with Gasteiger partial charge in [0.1, 0.15) is 0 Å². The van der Waals surface area contributed by atoms with Crippen molar-refractivity contribution in [3.8, 4) is 0 Å². The number of hydrogen-bond acceptors (Lipinski definition) is 4. The first-order chi connectivity index (χ1) is 12.7. The van der Waals surface area contributed by atoms with Crippen molar-refractivity contribution >= 4 is 46.4 Å². The van der Waals surface area contributed by atoms with Gasteiger partial charge in [-0.3, -0.25) is 9.35 Å². The average Bonchev–Trinajstić information content (AvgIpc) is 3.39. The van der Waals surface area contributed by atoms with Crippen LogP contribution in [-0.4, -0.2) is 19.3 Å². The van der Waals surface area contributed by atoms with Gasteiger partial charge in [0.15, 0.2) is 0 Å². The normalized spacial score (nSPS) is 12.1. The van der Waals surface area contributed by atoms with E-state index in [9.17, 15) is 0 Å². The third kappa shape index (κ3) is 3.02. The van der Waals surface area contributed by atoms with Crippen molar-refractivity contribution in [3.63, 3.8) is 0 Å². The molecule has 8 bridgehead atoms. The summed E-state index contributed by atoms with van der Waals surface area (Å²) in [6.45, 7) is 0. The summed E-state index contributed by atoms with van der Waals surface area (Å²) in [6, 6.07) is 15.7. The quantitative estimate of drug-likeness (QED) is 0.310. The number of rotatable bonds is 0. The van der Waals surface area contributed by atoms with Crippen molar-refractivity contribution in [3.05, 3.63) is 71.3 Å². The summed E-state index contributed by atoms with van der Waals surface area (Å²) in [5.41, 5.74) is 6.86. The van der Waals surface area contributed by atoms with Crippen LogP contribution in [0.5, 0.6) is 0 Å². The number of hydrogen-bond donors (Lipinski definition) is 2. The molecule has 7 heteroatoms. The molecule has 0 fully saturated rings. The van der Waals surface area contributed by atoms with Gasteiger partial charge >= 0.3 is 0 Å². The van der Waals surface area contributed by atoms with Gasteiger partial charge in [0, 0.05) is 16.5 Å². The zero-order valence-electron chi connectivity index (χ0n) is 14.2. The van der Waals surface area contributed by atoms with E-state index in [-0.39, 0.29) is 16.5 Å². The Kier molecular flexibility index (Phi) is 4.09. The zero-order valence-corrected chi connectivity index (χ0v) is 15.2. The number of aromatic nitrogens is 4. The number of nitrogens with zero attached hydrogens (tertiary/aromatic N) is 4. The topological polar surface area (TPSA) is 87.7 Å². The first-order valence-corrected chi connectivity index (χ1v) is 8.26. The van der Waals surface area contributed by atoms with E-state index >= 15 is 0 Å². The van der Waals surface area contributed by atoms with Crippen LogP contribution in [0, 0.1) is 0 Å². The molecule has 0 amide bonds. The molecule has 5 heterocycles. The van der Waals surface area contributed by atoms with Crippen molar-refractivity contribution in [1.82, 2.24) is 19.3 Å². The summed E-state index contributed by atoms with van der Waals surface area (Å²) in [6.07, 6.45) is 7.84. The first kappa shape index (κ1) is 17.1. The smallest absolute Gasteiger partial charge is 0.0659 e. The third-order valence-corrected chi connectivity index (χ3v) is 4.51. The standard InChI is InChI=1S/C20H16N6.Ni/c21-25-17-5-6-19(25)11-15-3-4-16(24-15)12-20-8-7-18(26(20)22)10-14-2-1-13(9-17)23-14;/h1-12H,21-22H2;. The van der Waals surface area contributed by atoms with Crippen LogP contribution in [0.15, 0.2) is 48.5 Å². The van der Waals surface area contributed by atoms with E-state index in [1.807, 2.05) is 72.8 Å². The Balaban J connectivity index is 0.00000180. The summed E-state index contributed by atoms with van der Waals surface area (Å²) in [5, 5.41) is 0. The van der Waals surface area contributed by atoms with E-state index in [0.717, 1.165) is 44.8 Å². The van der Waals surface area contributed by atoms with Gasteiger partial charge < -0.3 is 11.7 Å². The van der Waals surface area contributed by atoms with Crippen LogP contribution in [0.2, 0.25) is 0 Å². The van der Waals surface area contributed by atoms with Crippen LogP contribution in [0.1, 0.15) is 22.8 Å². The maximum atomic E-state index is 6.23. The Hall–Kier alpha value is -3.31. The second-order valence-corrected chi connectivity index (χ2v) is 6.27. The molecule has 0 atom stereocenters. The van der Waals surface area contributed by atoms with E-state index in [1.54, 1.807) is 9.35 Å². The molecule has 0 unspecified atom stereocenters. The molecule has 0 saturated carbocycles. The van der Waals surface area contributed by atoms with E-state index in [2.05, 4.69) is 9.97 Å². The molecule has 2 aliphatic heterocycles. The molecule has 0 saturated heterocycles. The minimum Gasteiger partial charge on any atom is -0.339 e. The van der Waals surface area contributed by atoms with Crippen molar-refractivity contribution < 1.29 is 16.5 Å². The maximum absolute atomic E-state index is 6.23. The molecule has 6 nitrogen and oxygen atoms in total. The van der Waals surface area contributed by atoms with Crippen LogP contribution in [-0.2, 0) is 16.5 Å².